The van der Waals surface area contributed by atoms with Gasteiger partial charge in [-0.15, -0.1) is 0 Å². The maximum Gasteiger partial charge on any atom is 0.201 e. The van der Waals surface area contributed by atoms with Crippen LogP contribution in [0.2, 0.25) is 0 Å². The largest absolute Gasteiger partial charge is 0.490 e. The summed E-state index contributed by atoms with van der Waals surface area (Å²) in [4.78, 5) is 0. The van der Waals surface area contributed by atoms with Crippen molar-refractivity contribution in [1.29, 1.82) is 0 Å². The summed E-state index contributed by atoms with van der Waals surface area (Å²) in [6, 6.07) is 15.8. The Labute approximate surface area is 282 Å². The van der Waals surface area contributed by atoms with Crippen LogP contribution < -0.4 is 4.74 Å². The van der Waals surface area contributed by atoms with Gasteiger partial charge in [0.05, 0.1) is 6.61 Å². The maximum absolute atomic E-state index is 15.5. The van der Waals surface area contributed by atoms with E-state index < -0.39 is 11.6 Å². The first-order chi connectivity index (χ1) is 23.0. The molecule has 47 heavy (non-hydrogen) atoms. The lowest BCUT2D eigenvalue weighted by atomic mass is 9.70. The average Bonchev–Trinajstić information content (AvgIpc) is 3.10. The smallest absolute Gasteiger partial charge is 0.201 e. The van der Waals surface area contributed by atoms with Crippen LogP contribution in [0.1, 0.15) is 129 Å². The lowest BCUT2D eigenvalue weighted by Crippen LogP contribution is -2.23. The van der Waals surface area contributed by atoms with E-state index in [0.717, 1.165) is 73.0 Å². The van der Waals surface area contributed by atoms with Gasteiger partial charge in [-0.3, -0.25) is 0 Å². The molecule has 1 unspecified atom stereocenters. The first-order valence-electron chi connectivity index (χ1n) is 18.7. The first kappa shape index (κ1) is 35.3. The van der Waals surface area contributed by atoms with E-state index in [0.29, 0.717) is 17.7 Å². The molecule has 4 heteroatoms. The Morgan fingerprint density at radius 2 is 1.28 bits per heavy atom. The van der Waals surface area contributed by atoms with Crippen LogP contribution in [0.15, 0.2) is 60.7 Å². The minimum absolute atomic E-state index is 0.0455. The van der Waals surface area contributed by atoms with Crippen LogP contribution in [0.3, 0.4) is 0 Å². The Morgan fingerprint density at radius 3 is 1.98 bits per heavy atom. The molecule has 1 fully saturated rings. The van der Waals surface area contributed by atoms with Gasteiger partial charge in [0.15, 0.2) is 11.6 Å². The number of halogens is 3. The van der Waals surface area contributed by atoms with Crippen LogP contribution in [-0.4, -0.2) is 6.61 Å². The van der Waals surface area contributed by atoms with E-state index in [1.165, 1.54) is 76.7 Å². The molecule has 2 aliphatic carbocycles. The summed E-state index contributed by atoms with van der Waals surface area (Å²) in [5, 5.41) is 0. The van der Waals surface area contributed by atoms with Gasteiger partial charge in [-0.2, -0.15) is 4.39 Å². The van der Waals surface area contributed by atoms with Crippen molar-refractivity contribution in [2.45, 2.75) is 123 Å². The van der Waals surface area contributed by atoms with Gasteiger partial charge in [0, 0.05) is 11.1 Å². The van der Waals surface area contributed by atoms with Gasteiger partial charge in [0.25, 0.3) is 0 Å². The van der Waals surface area contributed by atoms with E-state index in [1.54, 1.807) is 24.3 Å². The monoisotopic (exact) mass is 644 g/mol. The molecule has 0 bridgehead atoms. The summed E-state index contributed by atoms with van der Waals surface area (Å²) in [7, 11) is 0. The third-order valence-electron chi connectivity index (χ3n) is 10.9. The predicted molar refractivity (Wildman–Crippen MR) is 191 cm³/mol. The molecule has 0 radical (unpaired) electrons. The molecule has 5 rings (SSSR count). The van der Waals surface area contributed by atoms with Crippen LogP contribution >= 0.6 is 0 Å². The second-order valence-electron chi connectivity index (χ2n) is 14.2. The normalized spacial score (nSPS) is 19.9. The van der Waals surface area contributed by atoms with Crippen LogP contribution in [0.4, 0.5) is 13.2 Å². The molecule has 0 aromatic heterocycles. The van der Waals surface area contributed by atoms with Crippen molar-refractivity contribution < 1.29 is 17.9 Å². The zero-order chi connectivity index (χ0) is 33.0. The fourth-order valence-electron chi connectivity index (χ4n) is 7.89. The lowest BCUT2D eigenvalue weighted by molar-refractivity contribution is 0.187. The number of hydrogen-bond donors (Lipinski definition) is 0. The zero-order valence-electron chi connectivity index (χ0n) is 28.8. The van der Waals surface area contributed by atoms with Crippen molar-refractivity contribution in [2.75, 3.05) is 6.61 Å². The highest BCUT2D eigenvalue weighted by Gasteiger charge is 2.29. The molecule has 3 aromatic carbocycles. The highest BCUT2D eigenvalue weighted by molar-refractivity contribution is 5.74. The second kappa shape index (κ2) is 17.9. The zero-order valence-corrected chi connectivity index (χ0v) is 28.8. The Kier molecular flexibility index (Phi) is 13.5. The van der Waals surface area contributed by atoms with Crippen LogP contribution in [0, 0.1) is 35.2 Å². The first-order valence-corrected chi connectivity index (χ1v) is 18.7. The lowest BCUT2D eigenvalue weighted by Gasteiger charge is -2.35. The van der Waals surface area contributed by atoms with Crippen molar-refractivity contribution >= 4 is 5.57 Å². The molecule has 0 N–H and O–H groups in total. The number of rotatable bonds is 16. The third-order valence-corrected chi connectivity index (χ3v) is 10.9. The van der Waals surface area contributed by atoms with Gasteiger partial charge in [0.2, 0.25) is 5.82 Å². The highest BCUT2D eigenvalue weighted by atomic mass is 19.2. The molecular weight excluding hydrogens is 589 g/mol. The number of ether oxygens (including phenoxy) is 1. The van der Waals surface area contributed by atoms with Crippen molar-refractivity contribution in [3.05, 3.63) is 83.7 Å². The summed E-state index contributed by atoms with van der Waals surface area (Å²) in [6.45, 7) is 4.84. The van der Waals surface area contributed by atoms with Gasteiger partial charge in [-0.05, 0) is 96.7 Å². The van der Waals surface area contributed by atoms with E-state index in [-0.39, 0.29) is 17.1 Å². The van der Waals surface area contributed by atoms with E-state index in [9.17, 15) is 4.39 Å². The SMILES string of the molecule is CCCCCCCCOc1ccc(-c2ccc(-c3ccc(C4=CCC(C5CCC(CCCCC)CC5)CC4)c(F)c3)cc2)c(F)c1F. The number of unbranched alkanes of at least 4 members (excludes halogenated alkanes) is 7. The molecule has 254 valence electrons. The molecule has 0 saturated heterocycles. The molecular formula is C43H55F3O. The number of benzene rings is 3. The number of allylic oxidation sites excluding steroid dienone is 2. The standard InChI is InChI=1S/C43H55F3O/c1-3-5-7-8-9-11-29-47-41-28-27-39(42(45)43(41)46)36-23-19-34(20-24-36)37-25-26-38(40(44)30-37)35-21-17-33(18-22-35)32-15-13-31(14-16-32)12-10-6-4-2/h19-21,23-28,30-33H,3-18,22,29H2,1-2H3. The summed E-state index contributed by atoms with van der Waals surface area (Å²) in [5.41, 5.74) is 4.20. The van der Waals surface area contributed by atoms with Gasteiger partial charge in [-0.1, -0.05) is 127 Å². The van der Waals surface area contributed by atoms with Gasteiger partial charge < -0.3 is 4.74 Å². The molecule has 0 amide bonds. The van der Waals surface area contributed by atoms with Crippen molar-refractivity contribution in [3.8, 4) is 28.0 Å². The minimum atomic E-state index is -0.955. The number of hydrogen-bond acceptors (Lipinski definition) is 1. The topological polar surface area (TPSA) is 9.23 Å². The molecule has 0 aliphatic heterocycles. The van der Waals surface area contributed by atoms with Gasteiger partial charge in [-0.25, -0.2) is 8.78 Å². The van der Waals surface area contributed by atoms with Gasteiger partial charge in [0.1, 0.15) is 5.82 Å². The molecule has 1 nitrogen and oxygen atoms in total. The van der Waals surface area contributed by atoms with E-state index >= 15 is 8.78 Å². The van der Waals surface area contributed by atoms with Crippen LogP contribution in [0.5, 0.6) is 5.75 Å². The van der Waals surface area contributed by atoms with E-state index in [4.69, 9.17) is 4.74 Å². The molecule has 1 atom stereocenters. The Bertz CT molecular complexity index is 1430. The predicted octanol–water partition coefficient (Wildman–Crippen LogP) is 13.7. The molecule has 0 heterocycles. The summed E-state index contributed by atoms with van der Waals surface area (Å²) in [5.74, 6) is 0.395. The van der Waals surface area contributed by atoms with Gasteiger partial charge >= 0.3 is 0 Å². The summed E-state index contributed by atoms with van der Waals surface area (Å²) < 4.78 is 50.9. The van der Waals surface area contributed by atoms with Crippen molar-refractivity contribution in [2.24, 2.45) is 17.8 Å². The fourth-order valence-corrected chi connectivity index (χ4v) is 7.89. The van der Waals surface area contributed by atoms with Crippen LogP contribution in [0.25, 0.3) is 27.8 Å². The molecule has 0 spiro atoms. The maximum atomic E-state index is 15.5. The minimum Gasteiger partial charge on any atom is -0.490 e. The quantitative estimate of drug-likeness (QED) is 0.141. The Hall–Kier alpha value is -3.01. The molecule has 1 saturated carbocycles. The molecule has 2 aliphatic rings. The fraction of sp³-hybridized carbons (Fsp3) is 0.535. The second-order valence-corrected chi connectivity index (χ2v) is 14.2. The molecule has 3 aromatic rings. The van der Waals surface area contributed by atoms with Crippen LogP contribution in [-0.2, 0) is 0 Å². The summed E-state index contributed by atoms with van der Waals surface area (Å²) in [6.07, 6.45) is 23.1. The highest BCUT2D eigenvalue weighted by Crippen LogP contribution is 2.43. The summed E-state index contributed by atoms with van der Waals surface area (Å²) >= 11 is 0. The third kappa shape index (κ3) is 9.55. The van der Waals surface area contributed by atoms with E-state index in [1.807, 2.05) is 24.3 Å². The van der Waals surface area contributed by atoms with Crippen molar-refractivity contribution in [1.82, 2.24) is 0 Å². The Morgan fingerprint density at radius 1 is 0.617 bits per heavy atom. The van der Waals surface area contributed by atoms with Crippen molar-refractivity contribution in [3.63, 3.8) is 0 Å². The Balaban J connectivity index is 1.15. The van der Waals surface area contributed by atoms with E-state index in [2.05, 4.69) is 19.9 Å². The average molecular weight is 645 g/mol.